The fourth-order valence-electron chi connectivity index (χ4n) is 12.2. The van der Waals surface area contributed by atoms with Crippen molar-refractivity contribution in [3.05, 3.63) is 65.0 Å². The molecule has 1 aromatic carbocycles. The van der Waals surface area contributed by atoms with Crippen molar-refractivity contribution in [1.82, 2.24) is 30.4 Å². The number of nitrogens with zero attached hydrogens (tertiary/aromatic N) is 7. The van der Waals surface area contributed by atoms with E-state index in [-0.39, 0.29) is 27.5 Å². The van der Waals surface area contributed by atoms with E-state index in [2.05, 4.69) is 45.6 Å². The van der Waals surface area contributed by atoms with E-state index >= 15 is 0 Å². The predicted octanol–water partition coefficient (Wildman–Crippen LogP) is 7.12. The maximum atomic E-state index is 12.9. The molecule has 3 aromatic heterocycles. The van der Waals surface area contributed by atoms with Gasteiger partial charge in [0.05, 0.1) is 22.4 Å². The number of pyridine rings is 1. The lowest BCUT2D eigenvalue weighted by Gasteiger charge is -2.69. The number of nitrogens with one attached hydrogen (secondary N) is 2. The Kier molecular flexibility index (Phi) is 10.1. The lowest BCUT2D eigenvalue weighted by molar-refractivity contribution is -0.242. The van der Waals surface area contributed by atoms with Crippen LogP contribution in [-0.2, 0) is 11.2 Å². The molecule has 306 valence electrons. The van der Waals surface area contributed by atoms with Crippen LogP contribution < -0.4 is 21.3 Å². The Hall–Kier alpha value is -4.50. The molecule has 13 nitrogen and oxygen atoms in total. The van der Waals surface area contributed by atoms with Crippen molar-refractivity contribution in [3.63, 3.8) is 0 Å². The van der Waals surface area contributed by atoms with Crippen LogP contribution in [0.1, 0.15) is 92.9 Å². The Bertz CT molecular complexity index is 2250. The van der Waals surface area contributed by atoms with Crippen molar-refractivity contribution >= 4 is 61.4 Å². The van der Waals surface area contributed by atoms with E-state index in [9.17, 15) is 9.90 Å². The molecular weight excluding hydrogens is 749 g/mol. The van der Waals surface area contributed by atoms with E-state index in [4.69, 9.17) is 25.4 Å². The SMILES string of the molecule is CC(=NCC12CC3(C)CC(C)(C1)CC(OCCN1CCNCC1)(C3)C2)/C(=C\N)c1ccc(N2CCCc3c2nnc(Nc2nc4ccccc4s2)c3C)nc1C(=O)O. The van der Waals surface area contributed by atoms with Crippen LogP contribution in [0, 0.1) is 23.2 Å². The predicted molar refractivity (Wildman–Crippen MR) is 231 cm³/mol. The fraction of sp³-hybridized carbons (Fsp3) is 0.545. The number of para-hydroxylation sites is 1. The van der Waals surface area contributed by atoms with E-state index in [1.54, 1.807) is 11.3 Å². The van der Waals surface area contributed by atoms with Crippen LogP contribution in [-0.4, -0.2) is 99.9 Å². The van der Waals surface area contributed by atoms with Crippen LogP contribution in [0.3, 0.4) is 0 Å². The van der Waals surface area contributed by atoms with Gasteiger partial charge in [-0.1, -0.05) is 37.3 Å². The van der Waals surface area contributed by atoms with E-state index in [0.29, 0.717) is 41.7 Å². The fourth-order valence-corrected chi connectivity index (χ4v) is 13.0. The van der Waals surface area contributed by atoms with E-state index in [0.717, 1.165) is 116 Å². The molecule has 5 heterocycles. The molecule has 10 rings (SSSR count). The summed E-state index contributed by atoms with van der Waals surface area (Å²) in [5, 5.41) is 27.4. The van der Waals surface area contributed by atoms with Gasteiger partial charge in [0.1, 0.15) is 5.82 Å². The maximum absolute atomic E-state index is 12.9. The second-order valence-electron chi connectivity index (χ2n) is 18.5. The summed E-state index contributed by atoms with van der Waals surface area (Å²) in [6.45, 7) is 16.2. The molecule has 0 spiro atoms. The largest absolute Gasteiger partial charge is 0.476 e. The van der Waals surface area contributed by atoms with Gasteiger partial charge in [0.15, 0.2) is 22.5 Å². The van der Waals surface area contributed by atoms with E-state index < -0.39 is 5.97 Å². The summed E-state index contributed by atoms with van der Waals surface area (Å²) in [5.41, 5.74) is 11.3. The van der Waals surface area contributed by atoms with Crippen LogP contribution >= 0.6 is 11.3 Å². The zero-order valence-corrected chi connectivity index (χ0v) is 35.1. The Labute approximate surface area is 344 Å². The van der Waals surface area contributed by atoms with Gasteiger partial charge in [-0.25, -0.2) is 14.8 Å². The van der Waals surface area contributed by atoms with Gasteiger partial charge in [0.2, 0.25) is 0 Å². The van der Waals surface area contributed by atoms with Crippen molar-refractivity contribution in [2.75, 3.05) is 62.6 Å². The number of piperazine rings is 1. The zero-order valence-electron chi connectivity index (χ0n) is 34.2. The molecule has 4 aromatic rings. The Morgan fingerprint density at radius 3 is 2.55 bits per heavy atom. The lowest BCUT2D eigenvalue weighted by Crippen LogP contribution is -2.64. The number of allylic oxidation sites excluding steroid dienone is 1. The minimum Gasteiger partial charge on any atom is -0.476 e. The molecule has 1 saturated heterocycles. The van der Waals surface area contributed by atoms with Crippen molar-refractivity contribution in [2.45, 2.75) is 84.7 Å². The number of carbonyl (C=O) groups is 1. The van der Waals surface area contributed by atoms with Crippen LogP contribution in [0.25, 0.3) is 15.8 Å². The number of thiazole rings is 1. The summed E-state index contributed by atoms with van der Waals surface area (Å²) in [4.78, 5) is 32.1. The number of benzene rings is 1. The van der Waals surface area contributed by atoms with Crippen LogP contribution in [0.4, 0.5) is 22.6 Å². The zero-order chi connectivity index (χ0) is 40.3. The minimum absolute atomic E-state index is 0.0244. The number of aliphatic imine (C=N–C) groups is 1. The van der Waals surface area contributed by atoms with Gasteiger partial charge in [0.25, 0.3) is 0 Å². The number of anilines is 4. The molecule has 6 aliphatic rings. The lowest BCUT2D eigenvalue weighted by atomic mass is 9.39. The first-order valence-corrected chi connectivity index (χ1v) is 21.7. The Balaban J connectivity index is 0.941. The monoisotopic (exact) mass is 804 g/mol. The molecule has 0 amide bonds. The van der Waals surface area contributed by atoms with E-state index in [1.807, 2.05) is 49.1 Å². The second kappa shape index (κ2) is 15.0. The first-order valence-electron chi connectivity index (χ1n) is 20.9. The van der Waals surface area contributed by atoms with Gasteiger partial charge in [-0.15, -0.1) is 10.2 Å². The number of aromatic carboxylic acids is 1. The minimum atomic E-state index is -1.12. The molecule has 2 atom stereocenters. The molecule has 4 aliphatic carbocycles. The number of ether oxygens (including phenoxy) is 1. The number of nitrogens with two attached hydrogens (primary N) is 1. The smallest absolute Gasteiger partial charge is 0.355 e. The molecule has 2 aliphatic heterocycles. The van der Waals surface area contributed by atoms with Gasteiger partial charge in [-0.2, -0.15) is 0 Å². The van der Waals surface area contributed by atoms with Gasteiger partial charge < -0.3 is 31.1 Å². The van der Waals surface area contributed by atoms with E-state index in [1.165, 1.54) is 12.6 Å². The average molecular weight is 805 g/mol. The highest BCUT2D eigenvalue weighted by atomic mass is 32.1. The van der Waals surface area contributed by atoms with Gasteiger partial charge in [0, 0.05) is 80.0 Å². The summed E-state index contributed by atoms with van der Waals surface area (Å²) in [7, 11) is 0. The highest BCUT2D eigenvalue weighted by molar-refractivity contribution is 7.22. The molecule has 14 heteroatoms. The highest BCUT2D eigenvalue weighted by Crippen LogP contribution is 2.71. The molecule has 58 heavy (non-hydrogen) atoms. The number of hydrogen-bond donors (Lipinski definition) is 4. The Morgan fingerprint density at radius 2 is 1.81 bits per heavy atom. The summed E-state index contributed by atoms with van der Waals surface area (Å²) >= 11 is 1.57. The number of carboxylic acid groups (broad SMARTS) is 1. The first-order chi connectivity index (χ1) is 27.9. The van der Waals surface area contributed by atoms with Gasteiger partial charge in [-0.3, -0.25) is 9.89 Å². The quantitative estimate of drug-likeness (QED) is 0.107. The summed E-state index contributed by atoms with van der Waals surface area (Å²) in [6.07, 6.45) is 9.90. The summed E-state index contributed by atoms with van der Waals surface area (Å²) in [6, 6.07) is 11.7. The molecule has 0 radical (unpaired) electrons. The molecule has 4 bridgehead atoms. The standard InChI is InChI=1S/C44H56N10O3S/c1-28-30-8-7-15-54(38(30)52-51-37(28)50-40-48-33-9-5-6-10-34(33)58-40)35-12-11-31(36(49-35)39(55)56)32(20-45)29(2)47-27-43-22-41(3)21-42(4,23-43)25-44(24-41,26-43)57-19-18-53-16-13-46-14-17-53/h5-6,9-12,20,46H,7-8,13-19,21-27,45H2,1-4H3,(H,55,56)(H,48,50,51)/b32-20+,47-29?. The number of rotatable bonds is 12. The third-order valence-electron chi connectivity index (χ3n) is 13.4. The number of hydrogen-bond acceptors (Lipinski definition) is 13. The molecule has 2 unspecified atom stereocenters. The maximum Gasteiger partial charge on any atom is 0.355 e. The molecule has 4 saturated carbocycles. The number of fused-ring (bicyclic) bond motifs is 2. The summed E-state index contributed by atoms with van der Waals surface area (Å²) < 4.78 is 8.08. The van der Waals surface area contributed by atoms with Crippen LogP contribution in [0.2, 0.25) is 0 Å². The topological polar surface area (TPSA) is 167 Å². The third-order valence-corrected chi connectivity index (χ3v) is 14.4. The molecule has 5 N–H and O–H groups in total. The van der Waals surface area contributed by atoms with Crippen molar-refractivity contribution < 1.29 is 14.6 Å². The normalized spacial score (nSPS) is 28.6. The molecular formula is C44H56N10O3S. The van der Waals surface area contributed by atoms with Crippen molar-refractivity contribution in [1.29, 1.82) is 0 Å². The number of carboxylic acids is 1. The average Bonchev–Trinajstić information content (AvgIpc) is 3.60. The first kappa shape index (κ1) is 39.0. The highest BCUT2D eigenvalue weighted by Gasteiger charge is 2.66. The second-order valence-corrected chi connectivity index (χ2v) is 19.5. The van der Waals surface area contributed by atoms with Crippen LogP contribution in [0.5, 0.6) is 0 Å². The third kappa shape index (κ3) is 7.37. The molecule has 5 fully saturated rings. The van der Waals surface area contributed by atoms with Crippen molar-refractivity contribution in [2.24, 2.45) is 27.0 Å². The number of aromatic nitrogens is 4. The Morgan fingerprint density at radius 1 is 1.03 bits per heavy atom. The van der Waals surface area contributed by atoms with Crippen molar-refractivity contribution in [3.8, 4) is 0 Å². The summed E-state index contributed by atoms with van der Waals surface area (Å²) in [5.74, 6) is 0.727. The van der Waals surface area contributed by atoms with Gasteiger partial charge in [-0.05, 0) is 106 Å². The van der Waals surface area contributed by atoms with Gasteiger partial charge >= 0.3 is 5.97 Å². The van der Waals surface area contributed by atoms with Crippen LogP contribution in [0.15, 0.2) is 47.6 Å².